The zero-order chi connectivity index (χ0) is 10.8. The molecule has 0 amide bonds. The number of aromatic nitrogens is 3. The minimum absolute atomic E-state index is 0.708. The first kappa shape index (κ1) is 9.39. The normalized spacial score (nSPS) is 11.3. The molecular formula is C10H9N3O2. The molecule has 5 nitrogen and oxygen atoms in total. The van der Waals surface area contributed by atoms with Crippen molar-refractivity contribution in [1.82, 2.24) is 14.6 Å². The average molecular weight is 203 g/mol. The molecule has 0 atom stereocenters. The van der Waals surface area contributed by atoms with Crippen LogP contribution >= 0.6 is 0 Å². The first-order valence-electron chi connectivity index (χ1n) is 4.39. The molecule has 0 saturated carbocycles. The summed E-state index contributed by atoms with van der Waals surface area (Å²) in [7, 11) is 0. The fourth-order valence-corrected chi connectivity index (χ4v) is 1.30. The van der Waals surface area contributed by atoms with Crippen molar-refractivity contribution >= 4 is 17.7 Å². The maximum absolute atomic E-state index is 10.3. The van der Waals surface area contributed by atoms with E-state index in [2.05, 4.69) is 10.2 Å². The smallest absolute Gasteiger partial charge is 0.328 e. The van der Waals surface area contributed by atoms with Gasteiger partial charge in [0.15, 0.2) is 5.65 Å². The summed E-state index contributed by atoms with van der Waals surface area (Å²) in [5.41, 5.74) is 1.50. The second-order valence-electron chi connectivity index (χ2n) is 3.11. The van der Waals surface area contributed by atoms with Gasteiger partial charge in [-0.05, 0) is 30.7 Å². The van der Waals surface area contributed by atoms with Gasteiger partial charge < -0.3 is 5.11 Å². The standard InChI is InChI=1S/C10H9N3O2/c1-7-11-12-9-6-8(2-3-10(14)15)4-5-13(7)9/h2-6H,1H3,(H,14,15)/b3-2+. The van der Waals surface area contributed by atoms with Crippen molar-refractivity contribution in [2.75, 3.05) is 0 Å². The SMILES string of the molecule is Cc1nnc2cc(/C=C/C(=O)O)ccn12. The van der Waals surface area contributed by atoms with E-state index in [4.69, 9.17) is 5.11 Å². The van der Waals surface area contributed by atoms with E-state index in [9.17, 15) is 4.79 Å². The van der Waals surface area contributed by atoms with Crippen molar-refractivity contribution in [1.29, 1.82) is 0 Å². The Kier molecular flexibility index (Phi) is 2.21. The van der Waals surface area contributed by atoms with Gasteiger partial charge in [0, 0.05) is 12.3 Å². The van der Waals surface area contributed by atoms with Crippen molar-refractivity contribution in [2.24, 2.45) is 0 Å². The van der Waals surface area contributed by atoms with Crippen LogP contribution in [0.15, 0.2) is 24.4 Å². The van der Waals surface area contributed by atoms with E-state index in [1.165, 1.54) is 6.08 Å². The largest absolute Gasteiger partial charge is 0.478 e. The van der Waals surface area contributed by atoms with Gasteiger partial charge in [-0.2, -0.15) is 0 Å². The number of pyridine rings is 1. The Labute approximate surface area is 85.7 Å². The van der Waals surface area contributed by atoms with Crippen LogP contribution in [0.3, 0.4) is 0 Å². The van der Waals surface area contributed by atoms with E-state index in [-0.39, 0.29) is 0 Å². The van der Waals surface area contributed by atoms with Gasteiger partial charge in [0.2, 0.25) is 0 Å². The minimum Gasteiger partial charge on any atom is -0.478 e. The van der Waals surface area contributed by atoms with E-state index >= 15 is 0 Å². The maximum atomic E-state index is 10.3. The van der Waals surface area contributed by atoms with Crippen LogP contribution in [-0.2, 0) is 4.79 Å². The molecule has 76 valence electrons. The first-order valence-corrected chi connectivity index (χ1v) is 4.39. The van der Waals surface area contributed by atoms with Gasteiger partial charge in [0.05, 0.1) is 0 Å². The van der Waals surface area contributed by atoms with Crippen LogP contribution in [0.25, 0.3) is 11.7 Å². The van der Waals surface area contributed by atoms with E-state index in [0.29, 0.717) is 5.65 Å². The summed E-state index contributed by atoms with van der Waals surface area (Å²) in [6.07, 6.45) is 4.42. The fraction of sp³-hybridized carbons (Fsp3) is 0.100. The van der Waals surface area contributed by atoms with E-state index in [1.54, 1.807) is 6.07 Å². The van der Waals surface area contributed by atoms with Gasteiger partial charge in [-0.1, -0.05) is 0 Å². The molecule has 0 bridgehead atoms. The molecule has 1 N–H and O–H groups in total. The zero-order valence-electron chi connectivity index (χ0n) is 8.08. The number of carbonyl (C=O) groups is 1. The summed E-state index contributed by atoms with van der Waals surface area (Å²) in [4.78, 5) is 10.3. The van der Waals surface area contributed by atoms with Crippen molar-refractivity contribution < 1.29 is 9.90 Å². The Bertz CT molecular complexity index is 543. The summed E-state index contributed by atoms with van der Waals surface area (Å²) in [6.45, 7) is 1.85. The van der Waals surface area contributed by atoms with Gasteiger partial charge >= 0.3 is 5.97 Å². The summed E-state index contributed by atoms with van der Waals surface area (Å²) in [6, 6.07) is 3.59. The molecule has 2 aromatic heterocycles. The van der Waals surface area contributed by atoms with Crippen molar-refractivity contribution in [3.05, 3.63) is 35.8 Å². The molecule has 0 aliphatic rings. The van der Waals surface area contributed by atoms with Crippen LogP contribution in [0.1, 0.15) is 11.4 Å². The topological polar surface area (TPSA) is 67.5 Å². The second kappa shape index (κ2) is 3.53. The highest BCUT2D eigenvalue weighted by atomic mass is 16.4. The van der Waals surface area contributed by atoms with Gasteiger partial charge in [-0.3, -0.25) is 4.40 Å². The van der Waals surface area contributed by atoms with Crippen molar-refractivity contribution in [2.45, 2.75) is 6.92 Å². The Hall–Kier alpha value is -2.17. The lowest BCUT2D eigenvalue weighted by atomic mass is 10.2. The number of hydrogen-bond donors (Lipinski definition) is 1. The highest BCUT2D eigenvalue weighted by molar-refractivity contribution is 5.85. The van der Waals surface area contributed by atoms with Gasteiger partial charge in [-0.15, -0.1) is 10.2 Å². The third-order valence-corrected chi connectivity index (χ3v) is 2.02. The molecule has 2 heterocycles. The molecule has 0 spiro atoms. The van der Waals surface area contributed by atoms with Crippen LogP contribution in [0.4, 0.5) is 0 Å². The summed E-state index contributed by atoms with van der Waals surface area (Å²) < 4.78 is 1.83. The lowest BCUT2D eigenvalue weighted by Crippen LogP contribution is -1.89. The molecule has 0 aliphatic heterocycles. The monoisotopic (exact) mass is 203 g/mol. The molecule has 15 heavy (non-hydrogen) atoms. The number of nitrogens with zero attached hydrogens (tertiary/aromatic N) is 3. The number of aliphatic carboxylic acids is 1. The summed E-state index contributed by atoms with van der Waals surface area (Å²) in [5, 5.41) is 16.3. The highest BCUT2D eigenvalue weighted by Gasteiger charge is 1.99. The highest BCUT2D eigenvalue weighted by Crippen LogP contribution is 2.08. The predicted molar refractivity (Wildman–Crippen MR) is 54.4 cm³/mol. The molecule has 0 saturated heterocycles. The molecule has 0 aliphatic carbocycles. The summed E-state index contributed by atoms with van der Waals surface area (Å²) in [5.74, 6) is -0.161. The van der Waals surface area contributed by atoms with Crippen molar-refractivity contribution in [3.8, 4) is 0 Å². The number of hydrogen-bond acceptors (Lipinski definition) is 3. The molecule has 0 unspecified atom stereocenters. The maximum Gasteiger partial charge on any atom is 0.328 e. The van der Waals surface area contributed by atoms with Crippen LogP contribution in [0.5, 0.6) is 0 Å². The number of carboxylic acid groups (broad SMARTS) is 1. The van der Waals surface area contributed by atoms with Gasteiger partial charge in [0.1, 0.15) is 5.82 Å². The average Bonchev–Trinajstić information content (AvgIpc) is 2.57. The molecule has 0 aromatic carbocycles. The van der Waals surface area contributed by atoms with Crippen molar-refractivity contribution in [3.63, 3.8) is 0 Å². The van der Waals surface area contributed by atoms with Crippen LogP contribution in [-0.4, -0.2) is 25.7 Å². The third-order valence-electron chi connectivity index (χ3n) is 2.02. The Morgan fingerprint density at radius 3 is 3.07 bits per heavy atom. The third kappa shape index (κ3) is 1.85. The Balaban J connectivity index is 2.43. The number of rotatable bonds is 2. The quantitative estimate of drug-likeness (QED) is 0.743. The molecule has 0 radical (unpaired) electrons. The first-order chi connectivity index (χ1) is 7.16. The van der Waals surface area contributed by atoms with E-state index in [1.807, 2.05) is 23.6 Å². The summed E-state index contributed by atoms with van der Waals surface area (Å²) >= 11 is 0. The molecule has 5 heteroatoms. The molecular weight excluding hydrogens is 194 g/mol. The predicted octanol–water partition coefficient (Wildman–Crippen LogP) is 1.14. The Morgan fingerprint density at radius 1 is 1.53 bits per heavy atom. The van der Waals surface area contributed by atoms with Gasteiger partial charge in [0.25, 0.3) is 0 Å². The van der Waals surface area contributed by atoms with Crippen LogP contribution in [0.2, 0.25) is 0 Å². The fourth-order valence-electron chi connectivity index (χ4n) is 1.30. The molecule has 2 rings (SSSR count). The lowest BCUT2D eigenvalue weighted by molar-refractivity contribution is -0.131. The van der Waals surface area contributed by atoms with E-state index < -0.39 is 5.97 Å². The zero-order valence-corrected chi connectivity index (χ0v) is 8.08. The van der Waals surface area contributed by atoms with E-state index in [0.717, 1.165) is 17.5 Å². The lowest BCUT2D eigenvalue weighted by Gasteiger charge is -1.95. The molecule has 0 fully saturated rings. The Morgan fingerprint density at radius 2 is 2.33 bits per heavy atom. The second-order valence-corrected chi connectivity index (χ2v) is 3.11. The van der Waals surface area contributed by atoms with Crippen LogP contribution in [0, 0.1) is 6.92 Å². The number of fused-ring (bicyclic) bond motifs is 1. The number of aryl methyl sites for hydroxylation is 1. The number of carboxylic acids is 1. The minimum atomic E-state index is -0.965. The van der Waals surface area contributed by atoms with Crippen LogP contribution < -0.4 is 0 Å². The molecule has 2 aromatic rings. The van der Waals surface area contributed by atoms with Gasteiger partial charge in [-0.25, -0.2) is 4.79 Å².